The molecule has 2 aromatic carbocycles. The van der Waals surface area contributed by atoms with Gasteiger partial charge in [0.15, 0.2) is 0 Å². The smallest absolute Gasteiger partial charge is 0.246 e. The zero-order valence-electron chi connectivity index (χ0n) is 21.3. The Kier molecular flexibility index (Phi) is 8.62. The summed E-state index contributed by atoms with van der Waals surface area (Å²) in [7, 11) is 0. The molecule has 2 heterocycles. The molecule has 10 nitrogen and oxygen atoms in total. The van der Waals surface area contributed by atoms with Crippen molar-refractivity contribution in [2.45, 2.75) is 62.7 Å². The van der Waals surface area contributed by atoms with Crippen LogP contribution in [0.2, 0.25) is 0 Å². The second kappa shape index (κ2) is 12.1. The largest absolute Gasteiger partial charge is 0.508 e. The molecule has 4 rings (SSSR count). The lowest BCUT2D eigenvalue weighted by Crippen LogP contribution is -2.57. The van der Waals surface area contributed by atoms with Crippen LogP contribution in [0.5, 0.6) is 5.75 Å². The van der Waals surface area contributed by atoms with Crippen molar-refractivity contribution < 1.29 is 24.3 Å². The van der Waals surface area contributed by atoms with Gasteiger partial charge in [-0.25, -0.2) is 0 Å². The van der Waals surface area contributed by atoms with Crippen LogP contribution in [0.3, 0.4) is 0 Å². The van der Waals surface area contributed by atoms with Gasteiger partial charge in [0.25, 0.3) is 0 Å². The highest BCUT2D eigenvalue weighted by atomic mass is 16.3. The van der Waals surface area contributed by atoms with Gasteiger partial charge < -0.3 is 31.7 Å². The fraction of sp³-hybridized carbons (Fsp3) is 0.429. The van der Waals surface area contributed by atoms with E-state index in [9.17, 15) is 24.3 Å². The molecule has 4 atom stereocenters. The van der Waals surface area contributed by atoms with Gasteiger partial charge in [-0.05, 0) is 55.4 Å². The average molecular weight is 522 g/mol. The van der Waals surface area contributed by atoms with E-state index in [2.05, 4.69) is 5.32 Å². The van der Waals surface area contributed by atoms with Gasteiger partial charge in [0.1, 0.15) is 23.9 Å². The molecule has 10 heteroatoms. The molecule has 2 saturated heterocycles. The number of aromatic hydroxyl groups is 1. The zero-order valence-corrected chi connectivity index (χ0v) is 21.3. The molecule has 4 amide bonds. The van der Waals surface area contributed by atoms with Crippen molar-refractivity contribution in [2.24, 2.45) is 11.5 Å². The molecular formula is C28H35N5O5. The van der Waals surface area contributed by atoms with Crippen LogP contribution in [0.25, 0.3) is 0 Å². The number of nitrogens with zero attached hydrogens (tertiary/aromatic N) is 2. The number of rotatable bonds is 9. The van der Waals surface area contributed by atoms with Crippen molar-refractivity contribution >= 4 is 23.6 Å². The molecule has 38 heavy (non-hydrogen) atoms. The number of hydrogen-bond acceptors (Lipinski definition) is 6. The number of carbonyl (C=O) groups is 4. The molecule has 2 fully saturated rings. The van der Waals surface area contributed by atoms with Crippen LogP contribution in [0.4, 0.5) is 0 Å². The van der Waals surface area contributed by atoms with Crippen molar-refractivity contribution in [3.05, 3.63) is 65.7 Å². The second-order valence-electron chi connectivity index (χ2n) is 10.0. The number of phenols is 1. The number of hydrogen-bond donors (Lipinski definition) is 4. The highest BCUT2D eigenvalue weighted by molar-refractivity contribution is 5.95. The summed E-state index contributed by atoms with van der Waals surface area (Å²) in [5.74, 6) is -1.55. The number of nitrogens with one attached hydrogen (secondary N) is 1. The maximum absolute atomic E-state index is 13.6. The third-order valence-electron chi connectivity index (χ3n) is 7.31. The lowest BCUT2D eigenvalue weighted by molar-refractivity contribution is -0.143. The summed E-state index contributed by atoms with van der Waals surface area (Å²) >= 11 is 0. The Morgan fingerprint density at radius 2 is 1.42 bits per heavy atom. The average Bonchev–Trinajstić information content (AvgIpc) is 3.60. The Balaban J connectivity index is 1.47. The summed E-state index contributed by atoms with van der Waals surface area (Å²) in [6.07, 6.45) is 2.77. The first-order chi connectivity index (χ1) is 18.2. The van der Waals surface area contributed by atoms with Crippen LogP contribution in [0.1, 0.15) is 36.8 Å². The topological polar surface area (TPSA) is 159 Å². The monoisotopic (exact) mass is 521 g/mol. The number of primary amides is 1. The van der Waals surface area contributed by atoms with Crippen LogP contribution in [0.15, 0.2) is 54.6 Å². The van der Waals surface area contributed by atoms with Crippen LogP contribution < -0.4 is 16.8 Å². The minimum absolute atomic E-state index is 0.126. The van der Waals surface area contributed by atoms with Gasteiger partial charge in [-0.1, -0.05) is 42.5 Å². The maximum atomic E-state index is 13.6. The van der Waals surface area contributed by atoms with Gasteiger partial charge in [0.05, 0.1) is 6.04 Å². The van der Waals surface area contributed by atoms with E-state index in [4.69, 9.17) is 11.5 Å². The number of carbonyl (C=O) groups excluding carboxylic acids is 4. The molecule has 0 unspecified atom stereocenters. The molecule has 0 aromatic heterocycles. The lowest BCUT2D eigenvalue weighted by Gasteiger charge is -2.31. The van der Waals surface area contributed by atoms with E-state index in [0.717, 1.165) is 11.1 Å². The summed E-state index contributed by atoms with van der Waals surface area (Å²) < 4.78 is 0. The number of nitrogens with two attached hydrogens (primary N) is 2. The fourth-order valence-electron chi connectivity index (χ4n) is 5.33. The van der Waals surface area contributed by atoms with Gasteiger partial charge >= 0.3 is 0 Å². The lowest BCUT2D eigenvalue weighted by atomic mass is 10.0. The number of phenolic OH excluding ortho intramolecular Hbond substituents is 1. The summed E-state index contributed by atoms with van der Waals surface area (Å²) in [6, 6.07) is 12.6. The van der Waals surface area contributed by atoms with E-state index in [1.54, 1.807) is 12.1 Å². The molecule has 6 N–H and O–H groups in total. The van der Waals surface area contributed by atoms with E-state index in [1.807, 2.05) is 30.3 Å². The van der Waals surface area contributed by atoms with Gasteiger partial charge in [0, 0.05) is 19.5 Å². The third kappa shape index (κ3) is 6.31. The SMILES string of the molecule is NC(=O)[C@H]1CCCN1C(=O)[C@H](Cc1ccccc1)NC(=O)[C@@H]1CCCN1C(=O)[C@@H](N)Cc1ccc(O)cc1. The molecule has 2 aromatic rings. The Morgan fingerprint density at radius 3 is 2.05 bits per heavy atom. The predicted octanol–water partition coefficient (Wildman–Crippen LogP) is 0.457. The van der Waals surface area contributed by atoms with E-state index in [1.165, 1.54) is 21.9 Å². The molecular weight excluding hydrogens is 486 g/mol. The van der Waals surface area contributed by atoms with Gasteiger partial charge in [-0.3, -0.25) is 19.2 Å². The van der Waals surface area contributed by atoms with Crippen LogP contribution >= 0.6 is 0 Å². The number of amides is 4. The first-order valence-corrected chi connectivity index (χ1v) is 13.0. The molecule has 0 aliphatic carbocycles. The Labute approximate surface area is 222 Å². The molecule has 0 bridgehead atoms. The van der Waals surface area contributed by atoms with Crippen molar-refractivity contribution in [3.63, 3.8) is 0 Å². The van der Waals surface area contributed by atoms with E-state index in [-0.39, 0.29) is 30.4 Å². The van der Waals surface area contributed by atoms with Gasteiger partial charge in [-0.15, -0.1) is 0 Å². The molecule has 2 aliphatic heterocycles. The minimum atomic E-state index is -0.909. The predicted molar refractivity (Wildman–Crippen MR) is 141 cm³/mol. The van der Waals surface area contributed by atoms with Crippen molar-refractivity contribution in [1.82, 2.24) is 15.1 Å². The van der Waals surface area contributed by atoms with Crippen molar-refractivity contribution in [3.8, 4) is 5.75 Å². The number of benzene rings is 2. The standard InChI is InChI=1S/C28H35N5O5/c29-21(16-19-10-12-20(34)13-11-19)27(37)33-15-5-9-24(33)26(36)31-22(17-18-6-2-1-3-7-18)28(38)32-14-4-8-23(32)25(30)35/h1-3,6-7,10-13,21-24,34H,4-5,8-9,14-17,29H2,(H2,30,35)(H,31,36)/t21-,22-,23+,24-/m0/s1. The van der Waals surface area contributed by atoms with Crippen molar-refractivity contribution in [2.75, 3.05) is 13.1 Å². The van der Waals surface area contributed by atoms with Gasteiger partial charge in [-0.2, -0.15) is 0 Å². The van der Waals surface area contributed by atoms with E-state index in [0.29, 0.717) is 38.8 Å². The Hall–Kier alpha value is -3.92. The zero-order chi connectivity index (χ0) is 27.2. The first-order valence-electron chi connectivity index (χ1n) is 13.0. The minimum Gasteiger partial charge on any atom is -0.508 e. The highest BCUT2D eigenvalue weighted by Gasteiger charge is 2.40. The summed E-state index contributed by atoms with van der Waals surface area (Å²) in [5, 5.41) is 12.4. The van der Waals surface area contributed by atoms with E-state index < -0.39 is 36.0 Å². The normalized spacial score (nSPS) is 20.7. The Bertz CT molecular complexity index is 1160. The fourth-order valence-corrected chi connectivity index (χ4v) is 5.33. The number of likely N-dealkylation sites (tertiary alicyclic amines) is 2. The van der Waals surface area contributed by atoms with E-state index >= 15 is 0 Å². The summed E-state index contributed by atoms with van der Waals surface area (Å²) in [4.78, 5) is 55.1. The van der Waals surface area contributed by atoms with Crippen LogP contribution in [-0.2, 0) is 32.0 Å². The first kappa shape index (κ1) is 27.1. The summed E-state index contributed by atoms with van der Waals surface area (Å²) in [5.41, 5.74) is 13.4. The second-order valence-corrected chi connectivity index (χ2v) is 10.0. The van der Waals surface area contributed by atoms with Crippen LogP contribution in [-0.4, -0.2) is 75.8 Å². The summed E-state index contributed by atoms with van der Waals surface area (Å²) in [6.45, 7) is 0.793. The van der Waals surface area contributed by atoms with Crippen molar-refractivity contribution in [1.29, 1.82) is 0 Å². The molecule has 0 spiro atoms. The molecule has 0 saturated carbocycles. The van der Waals surface area contributed by atoms with Crippen LogP contribution in [0, 0.1) is 0 Å². The third-order valence-corrected chi connectivity index (χ3v) is 7.31. The highest BCUT2D eigenvalue weighted by Crippen LogP contribution is 2.22. The molecule has 2 aliphatic rings. The maximum Gasteiger partial charge on any atom is 0.246 e. The van der Waals surface area contributed by atoms with Gasteiger partial charge in [0.2, 0.25) is 23.6 Å². The quantitative estimate of drug-likeness (QED) is 0.375. The molecule has 0 radical (unpaired) electrons. The Morgan fingerprint density at radius 1 is 0.842 bits per heavy atom. The molecule has 202 valence electrons.